The number of carbonyl (C=O) groups is 3. The number of hydrogen-bond acceptors (Lipinski definition) is 5. The van der Waals surface area contributed by atoms with E-state index in [9.17, 15) is 14.4 Å². The summed E-state index contributed by atoms with van der Waals surface area (Å²) in [6.07, 6.45) is 0. The summed E-state index contributed by atoms with van der Waals surface area (Å²) in [6.45, 7) is 8.02. The number of ether oxygens (including phenoxy) is 1. The Morgan fingerprint density at radius 1 is 1.12 bits per heavy atom. The van der Waals surface area contributed by atoms with Gasteiger partial charge in [0.2, 0.25) is 11.8 Å². The molecule has 8 heteroatoms. The van der Waals surface area contributed by atoms with E-state index in [2.05, 4.69) is 10.6 Å². The van der Waals surface area contributed by atoms with Crippen molar-refractivity contribution in [2.75, 3.05) is 7.11 Å². The van der Waals surface area contributed by atoms with Gasteiger partial charge in [-0.2, -0.15) is 0 Å². The molecule has 1 fully saturated rings. The Balaban J connectivity index is 1.50. The molecule has 0 bridgehead atoms. The maximum Gasteiger partial charge on any atom is 0.256 e. The van der Waals surface area contributed by atoms with Crippen LogP contribution in [0.3, 0.4) is 0 Å². The summed E-state index contributed by atoms with van der Waals surface area (Å²) in [5.74, 6) is -0.171. The van der Waals surface area contributed by atoms with E-state index in [-0.39, 0.29) is 35.6 Å². The first-order chi connectivity index (χ1) is 16.2. The molecular weight excluding hydrogens is 450 g/mol. The summed E-state index contributed by atoms with van der Waals surface area (Å²) in [5, 5.41) is 5.67. The first-order valence-corrected chi connectivity index (χ1v) is 12.3. The van der Waals surface area contributed by atoms with Crippen molar-refractivity contribution < 1.29 is 19.1 Å². The van der Waals surface area contributed by atoms with E-state index in [4.69, 9.17) is 4.74 Å². The third kappa shape index (κ3) is 4.27. The van der Waals surface area contributed by atoms with Crippen LogP contribution in [-0.2, 0) is 16.1 Å². The summed E-state index contributed by atoms with van der Waals surface area (Å²) in [4.78, 5) is 41.5. The molecule has 3 amide bonds. The molecule has 0 radical (unpaired) electrons. The number of methoxy groups -OCH3 is 1. The topological polar surface area (TPSA) is 87.7 Å². The minimum Gasteiger partial charge on any atom is -0.496 e. The van der Waals surface area contributed by atoms with E-state index in [0.717, 1.165) is 11.1 Å². The fourth-order valence-electron chi connectivity index (χ4n) is 4.71. The van der Waals surface area contributed by atoms with Gasteiger partial charge in [-0.25, -0.2) is 0 Å². The first-order valence-electron chi connectivity index (χ1n) is 11.4. The van der Waals surface area contributed by atoms with Crippen molar-refractivity contribution in [1.29, 1.82) is 0 Å². The molecule has 2 aliphatic rings. The number of hydrogen-bond donors (Lipinski definition) is 2. The van der Waals surface area contributed by atoms with Gasteiger partial charge in [-0.3, -0.25) is 14.4 Å². The van der Waals surface area contributed by atoms with Gasteiger partial charge in [-0.15, -0.1) is 11.8 Å². The number of benzene rings is 2. The van der Waals surface area contributed by atoms with Crippen molar-refractivity contribution in [1.82, 2.24) is 15.5 Å². The van der Waals surface area contributed by atoms with Gasteiger partial charge >= 0.3 is 0 Å². The monoisotopic (exact) mass is 481 g/mol. The molecule has 0 aliphatic carbocycles. The standard InChI is InChI=1S/C26H31N3O4S/c1-15(2)20(22(30)27-14-16-10-6-9-13-19(16)33-5)28-23(31)21-26(3,4)34-25-18-12-8-7-11-17(18)24(32)29(21)25/h6-13,15,20-21,25H,14H2,1-5H3,(H,27,30)(H,28,31). The van der Waals surface area contributed by atoms with Gasteiger partial charge in [0.25, 0.3) is 5.91 Å². The highest BCUT2D eigenvalue weighted by molar-refractivity contribution is 8.01. The fourth-order valence-corrected chi connectivity index (χ4v) is 6.30. The smallest absolute Gasteiger partial charge is 0.256 e. The lowest BCUT2D eigenvalue weighted by molar-refractivity contribution is -0.132. The van der Waals surface area contributed by atoms with Crippen LogP contribution < -0.4 is 15.4 Å². The Hall–Kier alpha value is -3.00. The molecule has 1 saturated heterocycles. The molecule has 34 heavy (non-hydrogen) atoms. The number of para-hydroxylation sites is 1. The molecule has 3 unspecified atom stereocenters. The Kier molecular flexibility index (Phi) is 6.62. The Morgan fingerprint density at radius 3 is 2.50 bits per heavy atom. The molecule has 2 aliphatic heterocycles. The second kappa shape index (κ2) is 9.33. The maximum absolute atomic E-state index is 13.6. The summed E-state index contributed by atoms with van der Waals surface area (Å²) < 4.78 is 4.85. The molecule has 180 valence electrons. The molecule has 0 aromatic heterocycles. The quantitative estimate of drug-likeness (QED) is 0.632. The van der Waals surface area contributed by atoms with Crippen LogP contribution in [0, 0.1) is 5.92 Å². The van der Waals surface area contributed by atoms with E-state index in [1.807, 2.05) is 70.2 Å². The second-order valence-electron chi connectivity index (χ2n) is 9.54. The summed E-state index contributed by atoms with van der Waals surface area (Å²) in [6, 6.07) is 13.6. The fraction of sp³-hybridized carbons (Fsp3) is 0.423. The van der Waals surface area contributed by atoms with E-state index >= 15 is 0 Å². The van der Waals surface area contributed by atoms with Crippen molar-refractivity contribution in [2.45, 2.75) is 56.4 Å². The molecule has 7 nitrogen and oxygen atoms in total. The number of thioether (sulfide) groups is 1. The second-order valence-corrected chi connectivity index (χ2v) is 11.3. The molecule has 2 aromatic carbocycles. The minimum absolute atomic E-state index is 0.138. The van der Waals surface area contributed by atoms with Crippen LogP contribution in [0.1, 0.15) is 54.6 Å². The summed E-state index contributed by atoms with van der Waals surface area (Å²) in [7, 11) is 1.59. The van der Waals surface area contributed by atoms with Crippen LogP contribution in [0.4, 0.5) is 0 Å². The Morgan fingerprint density at radius 2 is 1.79 bits per heavy atom. The predicted octanol–water partition coefficient (Wildman–Crippen LogP) is 3.50. The average molecular weight is 482 g/mol. The van der Waals surface area contributed by atoms with Gasteiger partial charge in [-0.1, -0.05) is 50.2 Å². The van der Waals surface area contributed by atoms with Gasteiger partial charge in [0, 0.05) is 22.4 Å². The largest absolute Gasteiger partial charge is 0.496 e. The van der Waals surface area contributed by atoms with Crippen LogP contribution in [0.2, 0.25) is 0 Å². The van der Waals surface area contributed by atoms with Gasteiger partial charge in [-0.05, 0) is 37.5 Å². The number of amides is 3. The van der Waals surface area contributed by atoms with E-state index in [1.54, 1.807) is 29.8 Å². The zero-order valence-corrected chi connectivity index (χ0v) is 20.9. The first kappa shape index (κ1) is 24.1. The van der Waals surface area contributed by atoms with Gasteiger partial charge in [0.05, 0.1) is 7.11 Å². The van der Waals surface area contributed by atoms with Crippen LogP contribution in [0.25, 0.3) is 0 Å². The number of fused-ring (bicyclic) bond motifs is 3. The number of rotatable bonds is 7. The van der Waals surface area contributed by atoms with Crippen molar-refractivity contribution in [3.8, 4) is 5.75 Å². The lowest BCUT2D eigenvalue weighted by Gasteiger charge is -2.32. The molecule has 2 aromatic rings. The molecule has 2 N–H and O–H groups in total. The van der Waals surface area contributed by atoms with Crippen LogP contribution in [0.5, 0.6) is 5.75 Å². The van der Waals surface area contributed by atoms with Crippen LogP contribution >= 0.6 is 11.8 Å². The summed E-state index contributed by atoms with van der Waals surface area (Å²) >= 11 is 1.61. The number of carbonyl (C=O) groups excluding carboxylic acids is 3. The van der Waals surface area contributed by atoms with E-state index in [0.29, 0.717) is 11.3 Å². The molecule has 0 spiro atoms. The molecular formula is C26H31N3O4S. The van der Waals surface area contributed by atoms with Crippen molar-refractivity contribution in [2.24, 2.45) is 5.92 Å². The minimum atomic E-state index is -0.734. The zero-order valence-electron chi connectivity index (χ0n) is 20.1. The third-order valence-electron chi connectivity index (χ3n) is 6.44. The van der Waals surface area contributed by atoms with Crippen molar-refractivity contribution in [3.63, 3.8) is 0 Å². The molecule has 0 saturated carbocycles. The Labute approximate surface area is 204 Å². The van der Waals surface area contributed by atoms with Gasteiger partial charge < -0.3 is 20.3 Å². The normalized spacial score (nSPS) is 21.1. The van der Waals surface area contributed by atoms with Crippen molar-refractivity contribution in [3.05, 3.63) is 65.2 Å². The lowest BCUT2D eigenvalue weighted by atomic mass is 9.98. The maximum atomic E-state index is 13.6. The SMILES string of the molecule is COc1ccccc1CNC(=O)C(NC(=O)C1N2C(=O)c3ccccc3C2SC1(C)C)C(C)C. The predicted molar refractivity (Wildman–Crippen MR) is 132 cm³/mol. The molecule has 3 atom stereocenters. The molecule has 2 heterocycles. The average Bonchev–Trinajstić information content (AvgIpc) is 3.24. The van der Waals surface area contributed by atoms with Gasteiger partial charge in [0.1, 0.15) is 23.2 Å². The van der Waals surface area contributed by atoms with Crippen LogP contribution in [0.15, 0.2) is 48.5 Å². The highest BCUT2D eigenvalue weighted by atomic mass is 32.2. The van der Waals surface area contributed by atoms with E-state index in [1.165, 1.54) is 0 Å². The van der Waals surface area contributed by atoms with E-state index < -0.39 is 16.8 Å². The number of nitrogens with one attached hydrogen (secondary N) is 2. The van der Waals surface area contributed by atoms with Crippen LogP contribution in [-0.4, -0.2) is 46.6 Å². The zero-order chi connectivity index (χ0) is 24.6. The molecule has 4 rings (SSSR count). The third-order valence-corrected chi connectivity index (χ3v) is 7.97. The van der Waals surface area contributed by atoms with Gasteiger partial charge in [0.15, 0.2) is 0 Å². The highest BCUT2D eigenvalue weighted by Crippen LogP contribution is 2.56. The van der Waals surface area contributed by atoms with Crippen molar-refractivity contribution >= 4 is 29.5 Å². The summed E-state index contributed by atoms with van der Waals surface area (Å²) in [5.41, 5.74) is 2.43. The Bertz CT molecular complexity index is 1120. The lowest BCUT2D eigenvalue weighted by Crippen LogP contribution is -2.58. The highest BCUT2D eigenvalue weighted by Gasteiger charge is 2.57. The number of nitrogens with zero attached hydrogens (tertiary/aromatic N) is 1.